The molecule has 156 valence electrons. The van der Waals surface area contributed by atoms with Gasteiger partial charge in [0.2, 0.25) is 0 Å². The molecule has 1 unspecified atom stereocenters. The van der Waals surface area contributed by atoms with E-state index in [1.807, 2.05) is 32.0 Å². The predicted molar refractivity (Wildman–Crippen MR) is 118 cm³/mol. The Hall–Kier alpha value is -2.33. The monoisotopic (exact) mass is 394 g/mol. The van der Waals surface area contributed by atoms with Crippen LogP contribution in [0.25, 0.3) is 0 Å². The summed E-state index contributed by atoms with van der Waals surface area (Å²) in [6.45, 7) is 9.90. The summed E-state index contributed by atoms with van der Waals surface area (Å²) >= 11 is 0. The van der Waals surface area contributed by atoms with E-state index in [0.717, 1.165) is 17.9 Å². The van der Waals surface area contributed by atoms with Crippen molar-refractivity contribution in [1.29, 1.82) is 0 Å². The first-order valence-electron chi connectivity index (χ1n) is 10.9. The van der Waals surface area contributed by atoms with E-state index in [4.69, 9.17) is 4.74 Å². The molecule has 0 aliphatic carbocycles. The van der Waals surface area contributed by atoms with Crippen molar-refractivity contribution in [2.45, 2.75) is 65.6 Å². The van der Waals surface area contributed by atoms with E-state index in [1.54, 1.807) is 0 Å². The normalized spacial score (nSPS) is 15.7. The molecule has 3 rings (SSSR count). The fourth-order valence-corrected chi connectivity index (χ4v) is 3.95. The van der Waals surface area contributed by atoms with Crippen molar-refractivity contribution in [3.8, 4) is 5.75 Å². The van der Waals surface area contributed by atoms with Gasteiger partial charge in [0.1, 0.15) is 5.75 Å². The number of aryl methyl sites for hydroxylation is 2. The molecule has 2 aromatic rings. The number of hydrogen-bond acceptors (Lipinski definition) is 3. The molecule has 1 atom stereocenters. The van der Waals surface area contributed by atoms with E-state index in [0.29, 0.717) is 13.0 Å². The predicted octanol–water partition coefficient (Wildman–Crippen LogP) is 4.76. The minimum absolute atomic E-state index is 0.0553. The van der Waals surface area contributed by atoms with Gasteiger partial charge >= 0.3 is 0 Å². The maximum Gasteiger partial charge on any atom is 0.261 e. The number of nitrogens with one attached hydrogen (secondary N) is 1. The average Bonchev–Trinajstić information content (AvgIpc) is 2.73. The third kappa shape index (κ3) is 6.07. The molecule has 1 amide bonds. The minimum atomic E-state index is -0.481. The van der Waals surface area contributed by atoms with Crippen molar-refractivity contribution < 1.29 is 9.53 Å². The largest absolute Gasteiger partial charge is 0.480 e. The van der Waals surface area contributed by atoms with Crippen LogP contribution >= 0.6 is 0 Å². The molecule has 1 saturated heterocycles. The number of benzene rings is 2. The number of amides is 1. The topological polar surface area (TPSA) is 41.6 Å². The van der Waals surface area contributed by atoms with Gasteiger partial charge < -0.3 is 10.1 Å². The molecule has 0 aromatic heterocycles. The second-order valence-electron chi connectivity index (χ2n) is 8.11. The Morgan fingerprint density at radius 1 is 1.07 bits per heavy atom. The Kier molecular flexibility index (Phi) is 7.70. The summed E-state index contributed by atoms with van der Waals surface area (Å²) in [5.74, 6) is 0.725. The van der Waals surface area contributed by atoms with Crippen LogP contribution in [0.4, 0.5) is 0 Å². The van der Waals surface area contributed by atoms with Gasteiger partial charge in [0.05, 0.1) is 0 Å². The third-order valence-electron chi connectivity index (χ3n) is 5.68. The van der Waals surface area contributed by atoms with Crippen LogP contribution in [-0.4, -0.2) is 30.0 Å². The van der Waals surface area contributed by atoms with Crippen LogP contribution in [0.1, 0.15) is 54.9 Å². The molecule has 1 fully saturated rings. The first-order chi connectivity index (χ1) is 14.1. The summed E-state index contributed by atoms with van der Waals surface area (Å²) in [5, 5.41) is 3.10. The molecular formula is C25H34N2O2. The van der Waals surface area contributed by atoms with Crippen LogP contribution in [0.5, 0.6) is 5.75 Å². The van der Waals surface area contributed by atoms with Crippen LogP contribution in [0.2, 0.25) is 0 Å². The molecule has 4 heteroatoms. The van der Waals surface area contributed by atoms with Gasteiger partial charge in [0.15, 0.2) is 6.10 Å². The molecule has 29 heavy (non-hydrogen) atoms. The number of rotatable bonds is 8. The van der Waals surface area contributed by atoms with Crippen LogP contribution in [-0.2, 0) is 17.9 Å². The van der Waals surface area contributed by atoms with Gasteiger partial charge in [-0.15, -0.1) is 0 Å². The van der Waals surface area contributed by atoms with Crippen molar-refractivity contribution in [2.24, 2.45) is 0 Å². The van der Waals surface area contributed by atoms with E-state index in [1.165, 1.54) is 49.0 Å². The van der Waals surface area contributed by atoms with E-state index in [2.05, 4.69) is 41.4 Å². The van der Waals surface area contributed by atoms with Crippen LogP contribution in [0.3, 0.4) is 0 Å². The fraction of sp³-hybridized carbons (Fsp3) is 0.480. The minimum Gasteiger partial charge on any atom is -0.480 e. The Morgan fingerprint density at radius 3 is 2.48 bits per heavy atom. The standard InChI is InChI=1S/C25H34N2O2/c1-4-23(29-24-13-12-19(2)16-20(24)3)25(28)26-17-21-10-6-7-11-22(21)18-27-14-8-5-9-15-27/h6-7,10-13,16,23H,4-5,8-9,14-15,17-18H2,1-3H3,(H,26,28). The smallest absolute Gasteiger partial charge is 0.261 e. The zero-order valence-corrected chi connectivity index (χ0v) is 18.0. The molecule has 1 heterocycles. The highest BCUT2D eigenvalue weighted by Crippen LogP contribution is 2.21. The zero-order chi connectivity index (χ0) is 20.6. The van der Waals surface area contributed by atoms with Crippen molar-refractivity contribution in [3.63, 3.8) is 0 Å². The SMILES string of the molecule is CCC(Oc1ccc(C)cc1C)C(=O)NCc1ccccc1CN1CCCCC1. The van der Waals surface area contributed by atoms with Gasteiger partial charge in [0.25, 0.3) is 5.91 Å². The number of nitrogens with zero attached hydrogens (tertiary/aromatic N) is 1. The highest BCUT2D eigenvalue weighted by molar-refractivity contribution is 5.81. The fourth-order valence-electron chi connectivity index (χ4n) is 3.95. The maximum atomic E-state index is 12.8. The molecular weight excluding hydrogens is 360 g/mol. The molecule has 1 N–H and O–H groups in total. The number of carbonyl (C=O) groups is 1. The number of piperidine rings is 1. The van der Waals surface area contributed by atoms with E-state index >= 15 is 0 Å². The lowest BCUT2D eigenvalue weighted by molar-refractivity contribution is -0.128. The van der Waals surface area contributed by atoms with Gasteiger partial charge in [-0.05, 0) is 69.0 Å². The first kappa shape index (κ1) is 21.4. The third-order valence-corrected chi connectivity index (χ3v) is 5.68. The molecule has 4 nitrogen and oxygen atoms in total. The number of carbonyl (C=O) groups excluding carboxylic acids is 1. The number of ether oxygens (including phenoxy) is 1. The van der Waals surface area contributed by atoms with Gasteiger partial charge in [-0.3, -0.25) is 9.69 Å². The van der Waals surface area contributed by atoms with Crippen molar-refractivity contribution in [1.82, 2.24) is 10.2 Å². The molecule has 0 saturated carbocycles. The lowest BCUT2D eigenvalue weighted by Gasteiger charge is -2.27. The van der Waals surface area contributed by atoms with Crippen molar-refractivity contribution in [3.05, 3.63) is 64.7 Å². The summed E-state index contributed by atoms with van der Waals surface area (Å²) < 4.78 is 6.03. The lowest BCUT2D eigenvalue weighted by Crippen LogP contribution is -2.38. The quantitative estimate of drug-likeness (QED) is 0.702. The highest BCUT2D eigenvalue weighted by Gasteiger charge is 2.20. The average molecular weight is 395 g/mol. The molecule has 0 radical (unpaired) electrons. The van der Waals surface area contributed by atoms with Crippen LogP contribution < -0.4 is 10.1 Å². The summed E-state index contributed by atoms with van der Waals surface area (Å²) in [4.78, 5) is 15.3. The molecule has 1 aliphatic heterocycles. The Morgan fingerprint density at radius 2 is 1.79 bits per heavy atom. The zero-order valence-electron chi connectivity index (χ0n) is 18.0. The summed E-state index contributed by atoms with van der Waals surface area (Å²) in [5.41, 5.74) is 4.74. The molecule has 2 aromatic carbocycles. The first-order valence-corrected chi connectivity index (χ1v) is 10.9. The van der Waals surface area contributed by atoms with Crippen molar-refractivity contribution in [2.75, 3.05) is 13.1 Å². The number of likely N-dealkylation sites (tertiary alicyclic amines) is 1. The lowest BCUT2D eigenvalue weighted by atomic mass is 10.0. The van der Waals surface area contributed by atoms with Crippen LogP contribution in [0, 0.1) is 13.8 Å². The molecule has 1 aliphatic rings. The summed E-state index contributed by atoms with van der Waals surface area (Å²) in [6, 6.07) is 14.5. The summed E-state index contributed by atoms with van der Waals surface area (Å²) in [6.07, 6.45) is 4.06. The Balaban J connectivity index is 1.60. The van der Waals surface area contributed by atoms with E-state index in [9.17, 15) is 4.79 Å². The summed E-state index contributed by atoms with van der Waals surface area (Å²) in [7, 11) is 0. The maximum absolute atomic E-state index is 12.8. The van der Waals surface area contributed by atoms with Gasteiger partial charge in [0, 0.05) is 13.1 Å². The highest BCUT2D eigenvalue weighted by atomic mass is 16.5. The van der Waals surface area contributed by atoms with E-state index in [-0.39, 0.29) is 5.91 Å². The second-order valence-corrected chi connectivity index (χ2v) is 8.11. The van der Waals surface area contributed by atoms with Crippen molar-refractivity contribution >= 4 is 5.91 Å². The Bertz CT molecular complexity index is 812. The Labute approximate surface area is 175 Å². The molecule has 0 spiro atoms. The number of hydrogen-bond donors (Lipinski definition) is 1. The van der Waals surface area contributed by atoms with Gasteiger partial charge in [-0.25, -0.2) is 0 Å². The van der Waals surface area contributed by atoms with Gasteiger partial charge in [-0.2, -0.15) is 0 Å². The van der Waals surface area contributed by atoms with Crippen LogP contribution in [0.15, 0.2) is 42.5 Å². The second kappa shape index (κ2) is 10.4. The van der Waals surface area contributed by atoms with Gasteiger partial charge in [-0.1, -0.05) is 55.3 Å². The molecule has 0 bridgehead atoms. The van der Waals surface area contributed by atoms with E-state index < -0.39 is 6.10 Å².